The Morgan fingerprint density at radius 1 is 1.00 bits per heavy atom. The molecule has 0 amide bonds. The molecule has 2 rings (SSSR count). The van der Waals surface area contributed by atoms with Gasteiger partial charge < -0.3 is 4.74 Å². The minimum Gasteiger partial charge on any atom is -0.365 e. The van der Waals surface area contributed by atoms with Gasteiger partial charge in [-0.2, -0.15) is 0 Å². The molecule has 1 aliphatic heterocycles. The fourth-order valence-electron chi connectivity index (χ4n) is 1.87. The van der Waals surface area contributed by atoms with Gasteiger partial charge in [0.1, 0.15) is 6.10 Å². The number of ether oxygens (including phenoxy) is 1. The van der Waals surface area contributed by atoms with Gasteiger partial charge in [0, 0.05) is 0 Å². The number of allylic oxidation sites excluding steroid dienone is 3. The van der Waals surface area contributed by atoms with E-state index in [2.05, 4.69) is 24.3 Å². The molecule has 0 radical (unpaired) electrons. The minimum absolute atomic E-state index is 0.434. The molecule has 0 bridgehead atoms. The quantitative estimate of drug-likeness (QED) is 0.519. The zero-order valence-electron chi connectivity index (χ0n) is 8.11. The molecule has 0 N–H and O–H groups in total. The van der Waals surface area contributed by atoms with E-state index in [0.29, 0.717) is 12.2 Å². The van der Waals surface area contributed by atoms with Gasteiger partial charge in [-0.15, -0.1) is 0 Å². The molecule has 0 aromatic rings. The molecule has 2 aliphatic rings. The molecular formula is C12H18O. The molecule has 72 valence electrons. The summed E-state index contributed by atoms with van der Waals surface area (Å²) in [6.07, 6.45) is 17.7. The van der Waals surface area contributed by atoms with Crippen LogP contribution >= 0.6 is 0 Å². The summed E-state index contributed by atoms with van der Waals surface area (Å²) in [6, 6.07) is 0. The van der Waals surface area contributed by atoms with Gasteiger partial charge >= 0.3 is 0 Å². The minimum atomic E-state index is 0.434. The first-order valence-corrected chi connectivity index (χ1v) is 5.45. The summed E-state index contributed by atoms with van der Waals surface area (Å²) in [5, 5.41) is 0. The monoisotopic (exact) mass is 178 g/mol. The molecule has 0 aromatic carbocycles. The van der Waals surface area contributed by atoms with Gasteiger partial charge in [0.2, 0.25) is 0 Å². The van der Waals surface area contributed by atoms with E-state index < -0.39 is 0 Å². The van der Waals surface area contributed by atoms with E-state index in [0.717, 1.165) is 0 Å². The summed E-state index contributed by atoms with van der Waals surface area (Å²) in [6.45, 7) is 0. The van der Waals surface area contributed by atoms with Crippen molar-refractivity contribution in [2.75, 3.05) is 0 Å². The zero-order valence-corrected chi connectivity index (χ0v) is 8.11. The average molecular weight is 178 g/mol. The van der Waals surface area contributed by atoms with E-state index in [1.807, 2.05) is 0 Å². The highest BCUT2D eigenvalue weighted by molar-refractivity contribution is 5.10. The van der Waals surface area contributed by atoms with Crippen molar-refractivity contribution in [2.24, 2.45) is 0 Å². The number of hydrogen-bond donors (Lipinski definition) is 0. The van der Waals surface area contributed by atoms with Gasteiger partial charge in [-0.25, -0.2) is 0 Å². The van der Waals surface area contributed by atoms with Gasteiger partial charge in [0.25, 0.3) is 0 Å². The summed E-state index contributed by atoms with van der Waals surface area (Å²) in [4.78, 5) is 0. The molecule has 13 heavy (non-hydrogen) atoms. The van der Waals surface area contributed by atoms with E-state index in [-0.39, 0.29) is 0 Å². The Bertz CT molecular complexity index is 205. The summed E-state index contributed by atoms with van der Waals surface area (Å²) in [5.74, 6) is 0. The van der Waals surface area contributed by atoms with Crippen molar-refractivity contribution in [3.63, 3.8) is 0 Å². The average Bonchev–Trinajstić information content (AvgIpc) is 2.83. The highest BCUT2D eigenvalue weighted by Crippen LogP contribution is 2.28. The third kappa shape index (κ3) is 3.00. The predicted octanol–water partition coefficient (Wildman–Crippen LogP) is 3.22. The molecular weight excluding hydrogens is 160 g/mol. The molecule has 1 heterocycles. The SMILES string of the molecule is C1=C\CCCCCCC2OC2/C=C/1. The normalized spacial score (nSPS) is 39.4. The zero-order chi connectivity index (χ0) is 8.93. The molecule has 0 spiro atoms. The lowest BCUT2D eigenvalue weighted by Gasteiger charge is -1.98. The van der Waals surface area contributed by atoms with Crippen LogP contribution in [0.1, 0.15) is 38.5 Å². The fraction of sp³-hybridized carbons (Fsp3) is 0.667. The third-order valence-corrected chi connectivity index (χ3v) is 2.78. The van der Waals surface area contributed by atoms with Gasteiger partial charge in [-0.1, -0.05) is 43.6 Å². The van der Waals surface area contributed by atoms with Gasteiger partial charge in [-0.05, 0) is 19.3 Å². The highest BCUT2D eigenvalue weighted by Gasteiger charge is 2.35. The highest BCUT2D eigenvalue weighted by atomic mass is 16.6. The number of fused-ring (bicyclic) bond motifs is 1. The van der Waals surface area contributed by atoms with Gasteiger partial charge in [0.15, 0.2) is 0 Å². The first-order chi connectivity index (χ1) is 6.47. The molecule has 0 saturated carbocycles. The van der Waals surface area contributed by atoms with Crippen molar-refractivity contribution >= 4 is 0 Å². The van der Waals surface area contributed by atoms with Crippen molar-refractivity contribution < 1.29 is 4.74 Å². The third-order valence-electron chi connectivity index (χ3n) is 2.78. The van der Waals surface area contributed by atoms with Crippen molar-refractivity contribution in [3.05, 3.63) is 24.3 Å². The topological polar surface area (TPSA) is 12.5 Å². The summed E-state index contributed by atoms with van der Waals surface area (Å²) >= 11 is 0. The van der Waals surface area contributed by atoms with Crippen molar-refractivity contribution in [3.8, 4) is 0 Å². The Hall–Kier alpha value is -0.560. The van der Waals surface area contributed by atoms with E-state index in [9.17, 15) is 0 Å². The van der Waals surface area contributed by atoms with E-state index in [1.165, 1.54) is 38.5 Å². The van der Waals surface area contributed by atoms with Crippen molar-refractivity contribution in [2.45, 2.75) is 50.7 Å². The second-order valence-electron chi connectivity index (χ2n) is 3.94. The molecule has 2 unspecified atom stereocenters. The lowest BCUT2D eigenvalue weighted by molar-refractivity contribution is 0.373. The Balaban J connectivity index is 1.82. The Morgan fingerprint density at radius 3 is 2.92 bits per heavy atom. The Labute approximate surface area is 80.5 Å². The summed E-state index contributed by atoms with van der Waals surface area (Å²) in [7, 11) is 0. The van der Waals surface area contributed by atoms with Gasteiger partial charge in [-0.3, -0.25) is 0 Å². The van der Waals surface area contributed by atoms with Crippen molar-refractivity contribution in [1.82, 2.24) is 0 Å². The largest absolute Gasteiger partial charge is 0.365 e. The molecule has 1 fully saturated rings. The summed E-state index contributed by atoms with van der Waals surface area (Å²) < 4.78 is 5.51. The molecule has 0 aromatic heterocycles. The molecule has 1 heteroatoms. The van der Waals surface area contributed by atoms with Crippen LogP contribution in [0.5, 0.6) is 0 Å². The molecule has 2 atom stereocenters. The second kappa shape index (κ2) is 4.61. The maximum atomic E-state index is 5.51. The standard InChI is InChI=1S/C12H18O/c1-2-4-6-8-10-12-11(13-12)9-7-5-3-1/h3,5,7,9,11-12H,1-2,4,6,8,10H2/b5-3-,9-7+. The lowest BCUT2D eigenvalue weighted by Crippen LogP contribution is -1.91. The number of rotatable bonds is 0. The Morgan fingerprint density at radius 2 is 1.92 bits per heavy atom. The first-order valence-electron chi connectivity index (χ1n) is 5.45. The Kier molecular flexibility index (Phi) is 3.20. The fourth-order valence-corrected chi connectivity index (χ4v) is 1.87. The van der Waals surface area contributed by atoms with Crippen molar-refractivity contribution in [1.29, 1.82) is 0 Å². The maximum absolute atomic E-state index is 5.51. The number of hydrogen-bond acceptors (Lipinski definition) is 1. The number of epoxide rings is 1. The van der Waals surface area contributed by atoms with Gasteiger partial charge in [0.05, 0.1) is 6.10 Å². The van der Waals surface area contributed by atoms with Crippen LogP contribution in [0.3, 0.4) is 0 Å². The molecule has 1 saturated heterocycles. The van der Waals surface area contributed by atoms with Crippen LogP contribution in [0.25, 0.3) is 0 Å². The smallest absolute Gasteiger partial charge is 0.103 e. The maximum Gasteiger partial charge on any atom is 0.103 e. The van der Waals surface area contributed by atoms with Crippen LogP contribution in [0.15, 0.2) is 24.3 Å². The predicted molar refractivity (Wildman–Crippen MR) is 54.6 cm³/mol. The van der Waals surface area contributed by atoms with Crippen LogP contribution in [0.4, 0.5) is 0 Å². The van der Waals surface area contributed by atoms with E-state index in [4.69, 9.17) is 4.74 Å². The van der Waals surface area contributed by atoms with Crippen LogP contribution < -0.4 is 0 Å². The first kappa shape index (κ1) is 9.01. The van der Waals surface area contributed by atoms with E-state index in [1.54, 1.807) is 0 Å². The second-order valence-corrected chi connectivity index (χ2v) is 3.94. The van der Waals surface area contributed by atoms with E-state index >= 15 is 0 Å². The molecule has 1 nitrogen and oxygen atoms in total. The van der Waals surface area contributed by atoms with Crippen LogP contribution in [-0.2, 0) is 4.74 Å². The lowest BCUT2D eigenvalue weighted by atomic mass is 10.1. The summed E-state index contributed by atoms with van der Waals surface area (Å²) in [5.41, 5.74) is 0. The molecule has 1 aliphatic carbocycles. The van der Waals surface area contributed by atoms with Crippen LogP contribution in [-0.4, -0.2) is 12.2 Å². The van der Waals surface area contributed by atoms with Crippen LogP contribution in [0.2, 0.25) is 0 Å². The van der Waals surface area contributed by atoms with Crippen LogP contribution in [0, 0.1) is 0 Å².